The molecule has 1 aliphatic heterocycles. The fourth-order valence-electron chi connectivity index (χ4n) is 3.30. The molecule has 1 aromatic heterocycles. The van der Waals surface area contributed by atoms with Gasteiger partial charge in [-0.05, 0) is 37.2 Å². The lowest BCUT2D eigenvalue weighted by atomic mass is 9.87. The zero-order chi connectivity index (χ0) is 22.6. The van der Waals surface area contributed by atoms with E-state index in [1.807, 2.05) is 0 Å². The minimum Gasteiger partial charge on any atom is -0.457 e. The Morgan fingerprint density at radius 1 is 1.26 bits per heavy atom. The lowest BCUT2D eigenvalue weighted by Crippen LogP contribution is -2.49. The molecule has 1 aromatic carbocycles. The molecular weight excluding hydrogens is 428 g/mol. The minimum atomic E-state index is -3.30. The number of carbonyl (C=O) groups excluding carboxylic acids is 3. The van der Waals surface area contributed by atoms with Crippen LogP contribution in [0.1, 0.15) is 41.1 Å². The highest BCUT2D eigenvalue weighted by Crippen LogP contribution is 2.41. The van der Waals surface area contributed by atoms with Crippen molar-refractivity contribution in [2.45, 2.75) is 37.0 Å². The number of ketones is 1. The number of ether oxygens (including phenoxy) is 1. The molecule has 0 N–H and O–H groups in total. The number of Topliss-reactive ketones (excluding diaryl/α,β-unsaturated/α-hetero) is 1. The van der Waals surface area contributed by atoms with Crippen LogP contribution >= 0.6 is 11.8 Å². The third-order valence-electron chi connectivity index (χ3n) is 4.78. The SMILES string of the molecule is CC(=O)OCC(=O)c1cnc(C)nc1C1CCN(C(=O)Sc2ccccc2)CC1(F)F. The number of benzene rings is 1. The normalized spacial score (nSPS) is 17.8. The molecule has 1 aliphatic rings. The van der Waals surface area contributed by atoms with Gasteiger partial charge in [0.25, 0.3) is 11.2 Å². The number of carbonyl (C=O) groups is 3. The maximum atomic E-state index is 15.1. The Morgan fingerprint density at radius 3 is 2.61 bits per heavy atom. The van der Waals surface area contributed by atoms with Crippen molar-refractivity contribution < 1.29 is 27.9 Å². The molecule has 164 valence electrons. The van der Waals surface area contributed by atoms with Crippen LogP contribution in [0.4, 0.5) is 13.6 Å². The Kier molecular flexibility index (Phi) is 6.99. The number of rotatable bonds is 5. The van der Waals surface area contributed by atoms with E-state index in [1.54, 1.807) is 30.3 Å². The molecule has 0 bridgehead atoms. The summed E-state index contributed by atoms with van der Waals surface area (Å²) in [6.45, 7) is 1.42. The van der Waals surface area contributed by atoms with E-state index >= 15 is 8.78 Å². The van der Waals surface area contributed by atoms with E-state index in [2.05, 4.69) is 9.97 Å². The fraction of sp³-hybridized carbons (Fsp3) is 0.381. The number of hydrogen-bond acceptors (Lipinski definition) is 7. The minimum absolute atomic E-state index is 0.0710. The molecule has 2 heterocycles. The Balaban J connectivity index is 1.79. The van der Waals surface area contributed by atoms with Crippen molar-refractivity contribution in [1.82, 2.24) is 14.9 Å². The number of aryl methyl sites for hydroxylation is 1. The molecule has 2 aromatic rings. The van der Waals surface area contributed by atoms with Crippen molar-refractivity contribution in [3.63, 3.8) is 0 Å². The van der Waals surface area contributed by atoms with Gasteiger partial charge in [0.15, 0.2) is 6.61 Å². The van der Waals surface area contributed by atoms with Gasteiger partial charge in [-0.25, -0.2) is 18.7 Å². The van der Waals surface area contributed by atoms with Gasteiger partial charge in [0.2, 0.25) is 5.78 Å². The first-order valence-electron chi connectivity index (χ1n) is 9.57. The topological polar surface area (TPSA) is 89.5 Å². The summed E-state index contributed by atoms with van der Waals surface area (Å²) in [5, 5.41) is -0.464. The Labute approximate surface area is 182 Å². The van der Waals surface area contributed by atoms with E-state index < -0.39 is 42.0 Å². The maximum Gasteiger partial charge on any atom is 0.303 e. The van der Waals surface area contributed by atoms with Crippen LogP contribution in [-0.2, 0) is 9.53 Å². The maximum absolute atomic E-state index is 15.1. The van der Waals surface area contributed by atoms with Crippen LogP contribution in [0, 0.1) is 6.92 Å². The van der Waals surface area contributed by atoms with E-state index in [0.29, 0.717) is 4.90 Å². The average molecular weight is 449 g/mol. The van der Waals surface area contributed by atoms with Crippen molar-refractivity contribution in [3.8, 4) is 0 Å². The van der Waals surface area contributed by atoms with Gasteiger partial charge in [-0.1, -0.05) is 18.2 Å². The van der Waals surface area contributed by atoms with E-state index in [1.165, 1.54) is 13.1 Å². The number of likely N-dealkylation sites (tertiary alicyclic amines) is 1. The number of halogens is 2. The first-order chi connectivity index (χ1) is 14.7. The standard InChI is InChI=1S/C21H21F2N3O4S/c1-13-24-10-16(18(28)11-30-14(2)27)19(25-13)17-8-9-26(12-21(17,22)23)20(29)31-15-6-4-3-5-7-15/h3-7,10,17H,8-9,11-12H2,1-2H3. The summed E-state index contributed by atoms with van der Waals surface area (Å²) in [4.78, 5) is 45.8. The predicted molar refractivity (Wildman–Crippen MR) is 109 cm³/mol. The second kappa shape index (κ2) is 9.51. The third kappa shape index (κ3) is 5.63. The van der Waals surface area contributed by atoms with Crippen LogP contribution < -0.4 is 0 Å². The number of hydrogen-bond donors (Lipinski definition) is 0. The number of piperidine rings is 1. The van der Waals surface area contributed by atoms with Gasteiger partial charge in [-0.15, -0.1) is 0 Å². The Bertz CT molecular complexity index is 988. The van der Waals surface area contributed by atoms with Crippen molar-refractivity contribution >= 4 is 28.8 Å². The summed E-state index contributed by atoms with van der Waals surface area (Å²) >= 11 is 0.893. The van der Waals surface area contributed by atoms with Crippen molar-refractivity contribution in [2.75, 3.05) is 19.7 Å². The van der Waals surface area contributed by atoms with Gasteiger partial charge in [-0.3, -0.25) is 14.4 Å². The molecule has 0 radical (unpaired) electrons. The molecule has 0 saturated carbocycles. The smallest absolute Gasteiger partial charge is 0.303 e. The molecule has 1 atom stereocenters. The molecule has 0 spiro atoms. The van der Waals surface area contributed by atoms with Gasteiger partial charge >= 0.3 is 5.97 Å². The highest BCUT2D eigenvalue weighted by Gasteiger charge is 2.48. The molecule has 0 aliphatic carbocycles. The first-order valence-corrected chi connectivity index (χ1v) is 10.4. The van der Waals surface area contributed by atoms with E-state index in [0.717, 1.165) is 23.6 Å². The van der Waals surface area contributed by atoms with Crippen LogP contribution in [-0.4, -0.2) is 57.5 Å². The van der Waals surface area contributed by atoms with Gasteiger partial charge in [0, 0.05) is 24.6 Å². The first kappa shape index (κ1) is 22.8. The summed E-state index contributed by atoms with van der Waals surface area (Å²) in [6.07, 6.45) is 1.11. The van der Waals surface area contributed by atoms with Crippen LogP contribution in [0.15, 0.2) is 41.4 Å². The third-order valence-corrected chi connectivity index (χ3v) is 5.72. The molecule has 1 fully saturated rings. The van der Waals surface area contributed by atoms with Crippen molar-refractivity contribution in [2.24, 2.45) is 0 Å². The summed E-state index contributed by atoms with van der Waals surface area (Å²) in [6, 6.07) is 8.80. The van der Waals surface area contributed by atoms with Crippen LogP contribution in [0.25, 0.3) is 0 Å². The molecule has 1 amide bonds. The summed E-state index contributed by atoms with van der Waals surface area (Å²) in [5.74, 6) is -5.73. The second-order valence-corrected chi connectivity index (χ2v) is 8.15. The predicted octanol–water partition coefficient (Wildman–Crippen LogP) is 3.87. The number of amides is 1. The van der Waals surface area contributed by atoms with Crippen LogP contribution in [0.2, 0.25) is 0 Å². The fourth-order valence-corrected chi connectivity index (χ4v) is 4.08. The molecule has 3 rings (SSSR count). The Morgan fingerprint density at radius 2 is 1.97 bits per heavy atom. The van der Waals surface area contributed by atoms with Gasteiger partial charge in [0.1, 0.15) is 5.82 Å². The van der Waals surface area contributed by atoms with Crippen LogP contribution in [0.3, 0.4) is 0 Å². The van der Waals surface area contributed by atoms with E-state index in [4.69, 9.17) is 4.74 Å². The summed E-state index contributed by atoms with van der Waals surface area (Å²) in [5.41, 5.74) is -0.188. The molecule has 1 saturated heterocycles. The van der Waals surface area contributed by atoms with Crippen LogP contribution in [0.5, 0.6) is 0 Å². The molecule has 10 heteroatoms. The van der Waals surface area contributed by atoms with Gasteiger partial charge < -0.3 is 9.64 Å². The van der Waals surface area contributed by atoms with Crippen molar-refractivity contribution in [3.05, 3.63) is 53.6 Å². The monoisotopic (exact) mass is 449 g/mol. The Hall–Kier alpha value is -2.88. The van der Waals surface area contributed by atoms with Gasteiger partial charge in [-0.2, -0.15) is 0 Å². The highest BCUT2D eigenvalue weighted by atomic mass is 32.2. The highest BCUT2D eigenvalue weighted by molar-refractivity contribution is 8.13. The number of nitrogens with zero attached hydrogens (tertiary/aromatic N) is 3. The summed E-state index contributed by atoms with van der Waals surface area (Å²) in [7, 11) is 0. The lowest BCUT2D eigenvalue weighted by Gasteiger charge is -2.38. The zero-order valence-electron chi connectivity index (χ0n) is 17.0. The second-order valence-electron chi connectivity index (χ2n) is 7.12. The number of alkyl halides is 2. The van der Waals surface area contributed by atoms with Crippen molar-refractivity contribution in [1.29, 1.82) is 0 Å². The number of aromatic nitrogens is 2. The molecule has 7 nitrogen and oxygen atoms in total. The molecule has 31 heavy (non-hydrogen) atoms. The van der Waals surface area contributed by atoms with E-state index in [9.17, 15) is 14.4 Å². The quantitative estimate of drug-likeness (QED) is 0.389. The lowest BCUT2D eigenvalue weighted by molar-refractivity contribution is -0.139. The number of esters is 1. The molecule has 1 unspecified atom stereocenters. The summed E-state index contributed by atoms with van der Waals surface area (Å²) < 4.78 is 35.0. The average Bonchev–Trinajstić information content (AvgIpc) is 2.72. The van der Waals surface area contributed by atoms with Gasteiger partial charge in [0.05, 0.1) is 23.7 Å². The molecular formula is C21H21F2N3O4S. The zero-order valence-corrected chi connectivity index (χ0v) is 17.8. The number of thioether (sulfide) groups is 1. The largest absolute Gasteiger partial charge is 0.457 e. The van der Waals surface area contributed by atoms with E-state index in [-0.39, 0.29) is 30.0 Å².